The van der Waals surface area contributed by atoms with Gasteiger partial charge in [0, 0.05) is 28.1 Å². The van der Waals surface area contributed by atoms with Crippen LogP contribution in [0.4, 0.5) is 10.1 Å². The summed E-state index contributed by atoms with van der Waals surface area (Å²) in [5.41, 5.74) is 1.10. The molecule has 0 spiro atoms. The van der Waals surface area contributed by atoms with Crippen molar-refractivity contribution in [3.05, 3.63) is 88.2 Å². The lowest BCUT2D eigenvalue weighted by atomic mass is 10.2. The molecule has 11 heteroatoms. The number of nitrogens with zero attached hydrogens (tertiary/aromatic N) is 1. The van der Waals surface area contributed by atoms with Crippen molar-refractivity contribution < 1.29 is 22.3 Å². The standard InChI is InChI=1S/C24H23Cl2FN2O4S2/c1-33-21-8-10-22(11-9-21)35(31,32)29(20-6-4-19(27)5-7-20)15-24(30)28-12-13-34-16-17-2-3-18(25)14-23(17)26/h2-11,14H,12-13,15-16H2,1H3,(H,28,30). The van der Waals surface area contributed by atoms with Gasteiger partial charge in [-0.15, -0.1) is 0 Å². The number of hydrogen-bond donors (Lipinski definition) is 1. The maximum absolute atomic E-state index is 13.4. The van der Waals surface area contributed by atoms with E-state index in [1.165, 1.54) is 43.5 Å². The molecule has 0 heterocycles. The number of anilines is 1. The van der Waals surface area contributed by atoms with E-state index in [9.17, 15) is 17.6 Å². The lowest BCUT2D eigenvalue weighted by Crippen LogP contribution is -2.41. The summed E-state index contributed by atoms with van der Waals surface area (Å²) in [4.78, 5) is 12.6. The van der Waals surface area contributed by atoms with Crippen molar-refractivity contribution in [1.82, 2.24) is 5.32 Å². The quantitative estimate of drug-likeness (QED) is 0.320. The van der Waals surface area contributed by atoms with Crippen molar-refractivity contribution >= 4 is 56.6 Å². The summed E-state index contributed by atoms with van der Waals surface area (Å²) in [7, 11) is -2.63. The SMILES string of the molecule is COc1ccc(S(=O)(=O)N(CC(=O)NCCSCc2ccc(Cl)cc2Cl)c2ccc(F)cc2)cc1. The fourth-order valence-electron chi connectivity index (χ4n) is 3.07. The summed E-state index contributed by atoms with van der Waals surface area (Å²) in [6.07, 6.45) is 0. The molecule has 0 fully saturated rings. The number of hydrogen-bond acceptors (Lipinski definition) is 5. The van der Waals surface area contributed by atoms with Crippen LogP contribution in [-0.2, 0) is 20.6 Å². The molecule has 6 nitrogen and oxygen atoms in total. The van der Waals surface area contributed by atoms with E-state index < -0.39 is 28.3 Å². The van der Waals surface area contributed by atoms with E-state index in [0.29, 0.717) is 33.8 Å². The topological polar surface area (TPSA) is 75.7 Å². The number of carbonyl (C=O) groups is 1. The molecule has 0 saturated heterocycles. The molecule has 1 N–H and O–H groups in total. The Morgan fingerprint density at radius 1 is 1.06 bits per heavy atom. The van der Waals surface area contributed by atoms with Crippen LogP contribution in [-0.4, -0.2) is 40.3 Å². The summed E-state index contributed by atoms with van der Waals surface area (Å²) in [5, 5.41) is 3.87. The second-order valence-electron chi connectivity index (χ2n) is 7.30. The first-order chi connectivity index (χ1) is 16.7. The number of sulfonamides is 1. The van der Waals surface area contributed by atoms with Crippen molar-refractivity contribution in [3.8, 4) is 5.75 Å². The number of halogens is 3. The van der Waals surface area contributed by atoms with Gasteiger partial charge in [-0.3, -0.25) is 9.10 Å². The molecule has 0 aliphatic heterocycles. The first-order valence-corrected chi connectivity index (χ1v) is 13.8. The Kier molecular flexibility index (Phi) is 9.68. The number of amides is 1. The molecular formula is C24H23Cl2FN2O4S2. The first kappa shape index (κ1) is 27.1. The van der Waals surface area contributed by atoms with Crippen molar-refractivity contribution in [2.75, 3.05) is 30.3 Å². The molecule has 0 atom stereocenters. The lowest BCUT2D eigenvalue weighted by Gasteiger charge is -2.24. The molecular weight excluding hydrogens is 534 g/mol. The highest BCUT2D eigenvalue weighted by molar-refractivity contribution is 7.98. The number of thioether (sulfide) groups is 1. The van der Waals surface area contributed by atoms with Crippen LogP contribution in [0.5, 0.6) is 5.75 Å². The average molecular weight is 557 g/mol. The van der Waals surface area contributed by atoms with Crippen molar-refractivity contribution in [2.24, 2.45) is 0 Å². The Hall–Kier alpha value is -2.46. The fourth-order valence-corrected chi connectivity index (χ4v) is 5.91. The summed E-state index contributed by atoms with van der Waals surface area (Å²) in [6, 6.07) is 16.0. The van der Waals surface area contributed by atoms with Crippen LogP contribution < -0.4 is 14.4 Å². The molecule has 0 aromatic heterocycles. The predicted molar refractivity (Wildman–Crippen MR) is 140 cm³/mol. The number of carbonyl (C=O) groups excluding carboxylic acids is 1. The minimum Gasteiger partial charge on any atom is -0.497 e. The highest BCUT2D eigenvalue weighted by Crippen LogP contribution is 2.26. The van der Waals surface area contributed by atoms with Gasteiger partial charge in [0.25, 0.3) is 10.0 Å². The molecule has 0 saturated carbocycles. The van der Waals surface area contributed by atoms with Crippen LogP contribution in [0.25, 0.3) is 0 Å². The zero-order valence-corrected chi connectivity index (χ0v) is 21.9. The monoisotopic (exact) mass is 556 g/mol. The van der Waals surface area contributed by atoms with Gasteiger partial charge in [-0.1, -0.05) is 29.3 Å². The van der Waals surface area contributed by atoms with Gasteiger partial charge in [0.05, 0.1) is 17.7 Å². The Balaban J connectivity index is 1.64. The maximum Gasteiger partial charge on any atom is 0.264 e. The molecule has 3 aromatic carbocycles. The van der Waals surface area contributed by atoms with E-state index in [2.05, 4.69) is 5.32 Å². The van der Waals surface area contributed by atoms with Gasteiger partial charge in [0.15, 0.2) is 0 Å². The lowest BCUT2D eigenvalue weighted by molar-refractivity contribution is -0.119. The second kappa shape index (κ2) is 12.5. The second-order valence-corrected chi connectivity index (χ2v) is 11.1. The zero-order valence-electron chi connectivity index (χ0n) is 18.7. The van der Waals surface area contributed by atoms with Crippen molar-refractivity contribution in [3.63, 3.8) is 0 Å². The van der Waals surface area contributed by atoms with Crippen LogP contribution in [0.15, 0.2) is 71.6 Å². The highest BCUT2D eigenvalue weighted by Gasteiger charge is 2.27. The summed E-state index contributed by atoms with van der Waals surface area (Å²) < 4.78 is 46.1. The molecule has 0 aliphatic rings. The van der Waals surface area contributed by atoms with Crippen LogP contribution in [0.1, 0.15) is 5.56 Å². The summed E-state index contributed by atoms with van der Waals surface area (Å²) in [5.74, 6) is 0.716. The van der Waals surface area contributed by atoms with Crippen LogP contribution in [0.2, 0.25) is 10.0 Å². The van der Waals surface area contributed by atoms with E-state index in [1.54, 1.807) is 23.9 Å². The Morgan fingerprint density at radius 2 is 1.74 bits per heavy atom. The van der Waals surface area contributed by atoms with Gasteiger partial charge in [0.1, 0.15) is 18.1 Å². The van der Waals surface area contributed by atoms with E-state index in [4.69, 9.17) is 27.9 Å². The Labute approximate surface area is 218 Å². The third-order valence-corrected chi connectivity index (χ3v) is 8.27. The molecule has 3 rings (SSSR count). The number of rotatable bonds is 11. The molecule has 186 valence electrons. The summed E-state index contributed by atoms with van der Waals surface area (Å²) >= 11 is 13.6. The fraction of sp³-hybridized carbons (Fsp3) is 0.208. The molecule has 0 radical (unpaired) electrons. The number of methoxy groups -OCH3 is 1. The largest absolute Gasteiger partial charge is 0.497 e. The van der Waals surface area contributed by atoms with Gasteiger partial charge >= 0.3 is 0 Å². The van der Waals surface area contributed by atoms with Gasteiger partial charge in [-0.25, -0.2) is 12.8 Å². The Morgan fingerprint density at radius 3 is 2.37 bits per heavy atom. The van der Waals surface area contributed by atoms with Crippen molar-refractivity contribution in [2.45, 2.75) is 10.6 Å². The average Bonchev–Trinajstić information content (AvgIpc) is 2.84. The normalized spacial score (nSPS) is 11.2. The predicted octanol–water partition coefficient (Wildman–Crippen LogP) is 5.39. The molecule has 35 heavy (non-hydrogen) atoms. The number of ether oxygens (including phenoxy) is 1. The maximum atomic E-state index is 13.4. The van der Waals surface area contributed by atoms with Crippen LogP contribution in [0, 0.1) is 5.82 Å². The molecule has 3 aromatic rings. The van der Waals surface area contributed by atoms with E-state index >= 15 is 0 Å². The van der Waals surface area contributed by atoms with E-state index in [0.717, 1.165) is 22.0 Å². The third kappa shape index (κ3) is 7.51. The first-order valence-electron chi connectivity index (χ1n) is 10.4. The highest BCUT2D eigenvalue weighted by atomic mass is 35.5. The molecule has 0 bridgehead atoms. The molecule has 0 aliphatic carbocycles. The summed E-state index contributed by atoms with van der Waals surface area (Å²) in [6.45, 7) is -0.137. The van der Waals surface area contributed by atoms with Crippen LogP contribution >= 0.6 is 35.0 Å². The Bertz CT molecular complexity index is 1260. The zero-order chi connectivity index (χ0) is 25.4. The number of benzene rings is 3. The van der Waals surface area contributed by atoms with Crippen molar-refractivity contribution in [1.29, 1.82) is 0 Å². The van der Waals surface area contributed by atoms with E-state index in [-0.39, 0.29) is 10.6 Å². The van der Waals surface area contributed by atoms with Gasteiger partial charge in [-0.2, -0.15) is 11.8 Å². The van der Waals surface area contributed by atoms with Gasteiger partial charge < -0.3 is 10.1 Å². The minimum atomic E-state index is -4.10. The van der Waals surface area contributed by atoms with E-state index in [1.807, 2.05) is 6.07 Å². The molecule has 0 unspecified atom stereocenters. The minimum absolute atomic E-state index is 0.0224. The third-order valence-electron chi connectivity index (χ3n) is 4.89. The number of nitrogens with one attached hydrogen (secondary N) is 1. The molecule has 1 amide bonds. The van der Waals surface area contributed by atoms with Gasteiger partial charge in [0.2, 0.25) is 5.91 Å². The van der Waals surface area contributed by atoms with Crippen LogP contribution in [0.3, 0.4) is 0 Å². The smallest absolute Gasteiger partial charge is 0.264 e. The van der Waals surface area contributed by atoms with Gasteiger partial charge in [-0.05, 0) is 66.2 Å².